The fourth-order valence-corrected chi connectivity index (χ4v) is 4.01. The van der Waals surface area contributed by atoms with Crippen molar-refractivity contribution in [2.75, 3.05) is 11.5 Å². The lowest BCUT2D eigenvalue weighted by Crippen LogP contribution is -2.31. The molecule has 0 bridgehead atoms. The Labute approximate surface area is 194 Å². The van der Waals surface area contributed by atoms with Gasteiger partial charge in [-0.3, -0.25) is 14.5 Å². The maximum absolute atomic E-state index is 13.6. The van der Waals surface area contributed by atoms with Gasteiger partial charge in [0.25, 0.3) is 5.91 Å². The summed E-state index contributed by atoms with van der Waals surface area (Å²) in [6.45, 7) is 5.61. The molecule has 3 heterocycles. The van der Waals surface area contributed by atoms with Crippen LogP contribution in [0.1, 0.15) is 27.9 Å². The number of aryl methyl sites for hydroxylation is 1. The van der Waals surface area contributed by atoms with Crippen LogP contribution in [0.5, 0.6) is 5.75 Å². The van der Waals surface area contributed by atoms with Crippen molar-refractivity contribution in [1.29, 1.82) is 0 Å². The molecule has 1 aliphatic heterocycles. The van der Waals surface area contributed by atoms with Crippen LogP contribution in [0.4, 0.5) is 5.82 Å². The van der Waals surface area contributed by atoms with Crippen LogP contribution >= 0.6 is 0 Å². The zero-order chi connectivity index (χ0) is 23.8. The Bertz CT molecular complexity index is 1430. The van der Waals surface area contributed by atoms with Crippen LogP contribution in [0.3, 0.4) is 0 Å². The molecule has 8 nitrogen and oxygen atoms in total. The molecule has 0 unspecified atom stereocenters. The monoisotopic (exact) mass is 456 g/mol. The number of ketones is 1. The lowest BCUT2D eigenvalue weighted by molar-refractivity contribution is -0.117. The maximum atomic E-state index is 13.6. The van der Waals surface area contributed by atoms with Crippen molar-refractivity contribution < 1.29 is 28.4 Å². The Morgan fingerprint density at radius 1 is 1.21 bits per heavy atom. The van der Waals surface area contributed by atoms with Crippen molar-refractivity contribution in [2.24, 2.45) is 0 Å². The van der Waals surface area contributed by atoms with Gasteiger partial charge in [0.2, 0.25) is 5.78 Å². The van der Waals surface area contributed by atoms with Gasteiger partial charge in [-0.05, 0) is 36.8 Å². The number of amides is 1. The quantitative estimate of drug-likeness (QED) is 0.305. The first-order valence-corrected chi connectivity index (χ1v) is 10.5. The molecule has 2 aromatic heterocycles. The molecule has 1 N–H and O–H groups in total. The number of aliphatic hydroxyl groups excluding tert-OH is 1. The van der Waals surface area contributed by atoms with Gasteiger partial charge in [-0.15, -0.1) is 0 Å². The molecule has 5 rings (SSSR count). The number of carbonyl (C=O) groups excluding carboxylic acids is 2. The number of Topliss-reactive ketones (excluding diaryl/α,β-unsaturated/α-hetero) is 1. The van der Waals surface area contributed by atoms with Gasteiger partial charge in [-0.1, -0.05) is 48.1 Å². The van der Waals surface area contributed by atoms with E-state index < -0.39 is 23.5 Å². The first-order chi connectivity index (χ1) is 16.5. The first kappa shape index (κ1) is 21.3. The van der Waals surface area contributed by atoms with Crippen molar-refractivity contribution in [3.8, 4) is 5.75 Å². The average Bonchev–Trinajstić information content (AvgIpc) is 3.54. The molecular formula is C26H20N2O6. The van der Waals surface area contributed by atoms with Crippen molar-refractivity contribution in [3.63, 3.8) is 0 Å². The van der Waals surface area contributed by atoms with Gasteiger partial charge in [0, 0.05) is 11.5 Å². The Kier molecular flexibility index (Phi) is 5.25. The van der Waals surface area contributed by atoms with Crippen LogP contribution in [0, 0.1) is 6.92 Å². The summed E-state index contributed by atoms with van der Waals surface area (Å²) in [7, 11) is 0. The number of hydrogen-bond acceptors (Lipinski definition) is 7. The molecule has 1 amide bonds. The Morgan fingerprint density at radius 2 is 2.03 bits per heavy atom. The van der Waals surface area contributed by atoms with Gasteiger partial charge in [0.1, 0.15) is 23.7 Å². The van der Waals surface area contributed by atoms with E-state index >= 15 is 0 Å². The number of nitrogens with zero attached hydrogens (tertiary/aromatic N) is 2. The second-order valence-corrected chi connectivity index (χ2v) is 7.79. The summed E-state index contributed by atoms with van der Waals surface area (Å²) < 4.78 is 16.5. The van der Waals surface area contributed by atoms with Gasteiger partial charge >= 0.3 is 0 Å². The lowest BCUT2D eigenvalue weighted by atomic mass is 9.95. The number of fused-ring (bicyclic) bond motifs is 1. The molecular weight excluding hydrogens is 436 g/mol. The van der Waals surface area contributed by atoms with Gasteiger partial charge in [0.05, 0.1) is 11.6 Å². The number of benzene rings is 2. The smallest absolute Gasteiger partial charge is 0.295 e. The van der Waals surface area contributed by atoms with Crippen LogP contribution in [0.15, 0.2) is 93.6 Å². The van der Waals surface area contributed by atoms with E-state index in [1.165, 1.54) is 4.90 Å². The fraction of sp³-hybridized carbons (Fsp3) is 0.115. The molecule has 0 saturated carbocycles. The topological polar surface area (TPSA) is 106 Å². The first-order valence-electron chi connectivity index (χ1n) is 10.5. The largest absolute Gasteiger partial charge is 0.503 e. The molecule has 0 fully saturated rings. The molecule has 0 saturated heterocycles. The number of para-hydroxylation sites is 1. The second kappa shape index (κ2) is 8.40. The summed E-state index contributed by atoms with van der Waals surface area (Å²) in [5, 5.41) is 15.5. The summed E-state index contributed by atoms with van der Waals surface area (Å²) in [6, 6.07) is 16.3. The lowest BCUT2D eigenvalue weighted by Gasteiger charge is -2.24. The summed E-state index contributed by atoms with van der Waals surface area (Å²) in [5.74, 6) is -0.873. The fourth-order valence-electron chi connectivity index (χ4n) is 4.01. The summed E-state index contributed by atoms with van der Waals surface area (Å²) in [6.07, 6.45) is 1.61. The molecule has 0 aliphatic carbocycles. The second-order valence-electron chi connectivity index (χ2n) is 7.79. The Balaban J connectivity index is 1.64. The summed E-state index contributed by atoms with van der Waals surface area (Å²) in [5.41, 5.74) is 0.945. The number of aliphatic hydroxyl groups is 1. The predicted octanol–water partition coefficient (Wildman–Crippen LogP) is 5.08. The van der Waals surface area contributed by atoms with E-state index in [2.05, 4.69) is 11.7 Å². The predicted molar refractivity (Wildman–Crippen MR) is 124 cm³/mol. The van der Waals surface area contributed by atoms with E-state index in [1.54, 1.807) is 61.5 Å². The third-order valence-electron chi connectivity index (χ3n) is 5.51. The summed E-state index contributed by atoms with van der Waals surface area (Å²) in [4.78, 5) is 28.0. The minimum atomic E-state index is -0.981. The zero-order valence-corrected chi connectivity index (χ0v) is 18.2. The number of anilines is 1. The number of ether oxygens (including phenoxy) is 1. The van der Waals surface area contributed by atoms with Crippen LogP contribution < -0.4 is 9.64 Å². The van der Waals surface area contributed by atoms with Crippen molar-refractivity contribution in [1.82, 2.24) is 5.16 Å². The van der Waals surface area contributed by atoms with Gasteiger partial charge in [-0.25, -0.2) is 0 Å². The standard InChI is InChI=1S/C26H20N2O6/c1-3-11-32-18-9-6-8-17(13-18)23-22(24(29)20-14-16-7-4-5-10-19(16)33-20)25(30)26(31)28(23)21-12-15(2)34-27-21/h3-10,12-14,23,30H,1,11H2,2H3/t23-/m1/s1. The number of aromatic nitrogens is 1. The Hall–Kier alpha value is -4.59. The molecule has 2 aromatic carbocycles. The third kappa shape index (κ3) is 3.55. The SMILES string of the molecule is C=CCOc1cccc([C@@H]2C(C(=O)c3cc4ccccc4o3)=C(O)C(=O)N2c2cc(C)on2)c1. The average molecular weight is 456 g/mol. The molecule has 1 aliphatic rings. The number of rotatable bonds is 7. The van der Waals surface area contributed by atoms with Crippen molar-refractivity contribution in [2.45, 2.75) is 13.0 Å². The van der Waals surface area contributed by atoms with E-state index in [0.29, 0.717) is 22.7 Å². The molecule has 170 valence electrons. The van der Waals surface area contributed by atoms with E-state index in [9.17, 15) is 14.7 Å². The number of furan rings is 1. The normalized spacial score (nSPS) is 15.9. The van der Waals surface area contributed by atoms with Crippen LogP contribution in [-0.4, -0.2) is 28.6 Å². The highest BCUT2D eigenvalue weighted by molar-refractivity contribution is 6.20. The number of hydrogen-bond donors (Lipinski definition) is 1. The van der Waals surface area contributed by atoms with Gasteiger partial charge < -0.3 is 18.8 Å². The molecule has 4 aromatic rings. The molecule has 1 atom stereocenters. The highest BCUT2D eigenvalue weighted by atomic mass is 16.5. The van der Waals surface area contributed by atoms with Crippen LogP contribution in [0.25, 0.3) is 11.0 Å². The molecule has 0 spiro atoms. The van der Waals surface area contributed by atoms with Gasteiger partial charge in [0.15, 0.2) is 17.3 Å². The maximum Gasteiger partial charge on any atom is 0.295 e. The van der Waals surface area contributed by atoms with E-state index in [1.807, 2.05) is 12.1 Å². The van der Waals surface area contributed by atoms with Crippen LogP contribution in [-0.2, 0) is 4.79 Å². The minimum Gasteiger partial charge on any atom is -0.503 e. The molecule has 8 heteroatoms. The van der Waals surface area contributed by atoms with Gasteiger partial charge in [-0.2, -0.15) is 0 Å². The van der Waals surface area contributed by atoms with Crippen molar-refractivity contribution >= 4 is 28.5 Å². The number of carbonyl (C=O) groups is 2. The van der Waals surface area contributed by atoms with Crippen LogP contribution in [0.2, 0.25) is 0 Å². The van der Waals surface area contributed by atoms with Crippen molar-refractivity contribution in [3.05, 3.63) is 102 Å². The van der Waals surface area contributed by atoms with E-state index in [-0.39, 0.29) is 23.8 Å². The summed E-state index contributed by atoms with van der Waals surface area (Å²) >= 11 is 0. The minimum absolute atomic E-state index is 0.0118. The Morgan fingerprint density at radius 3 is 2.76 bits per heavy atom. The molecule has 0 radical (unpaired) electrons. The van der Waals surface area contributed by atoms with E-state index in [4.69, 9.17) is 13.7 Å². The zero-order valence-electron chi connectivity index (χ0n) is 18.2. The highest BCUT2D eigenvalue weighted by Gasteiger charge is 2.46. The third-order valence-corrected chi connectivity index (χ3v) is 5.51. The highest BCUT2D eigenvalue weighted by Crippen LogP contribution is 2.42. The van der Waals surface area contributed by atoms with E-state index in [0.717, 1.165) is 5.39 Å². The molecule has 34 heavy (non-hydrogen) atoms.